The van der Waals surface area contributed by atoms with Crippen LogP contribution < -0.4 is 5.32 Å². The molecule has 1 saturated heterocycles. The Morgan fingerprint density at radius 1 is 1.44 bits per heavy atom. The summed E-state index contributed by atoms with van der Waals surface area (Å²) < 4.78 is 6.25. The molecule has 0 bridgehead atoms. The molecule has 0 saturated carbocycles. The number of ether oxygens (including phenoxy) is 1. The minimum Gasteiger partial charge on any atom is -0.461 e. The highest BCUT2D eigenvalue weighted by molar-refractivity contribution is 9.10. The fourth-order valence-corrected chi connectivity index (χ4v) is 2.24. The van der Waals surface area contributed by atoms with Gasteiger partial charge in [-0.15, -0.1) is 0 Å². The molecule has 1 aliphatic rings. The fourth-order valence-electron chi connectivity index (χ4n) is 1.98. The molecule has 0 aromatic heterocycles. The molecule has 4 heteroatoms. The molecule has 16 heavy (non-hydrogen) atoms. The van der Waals surface area contributed by atoms with E-state index in [2.05, 4.69) is 33.4 Å². The van der Waals surface area contributed by atoms with Gasteiger partial charge in [0.1, 0.15) is 6.10 Å². The summed E-state index contributed by atoms with van der Waals surface area (Å²) in [5, 5.41) is 3.36. The van der Waals surface area contributed by atoms with E-state index < -0.39 is 0 Å². The van der Waals surface area contributed by atoms with Crippen LogP contribution >= 0.6 is 15.9 Å². The molecule has 1 N–H and O–H groups in total. The highest BCUT2D eigenvalue weighted by Gasteiger charge is 2.26. The van der Waals surface area contributed by atoms with Crippen molar-refractivity contribution in [2.75, 3.05) is 6.54 Å². The standard InChI is InChI=1S/C12H14BrNO2/c1-8(15)16-11-6-12(14-7-11)9-2-4-10(13)5-3-9/h2-5,11-12,14H,6-7H2,1H3. The molecule has 1 aromatic rings. The van der Waals surface area contributed by atoms with Crippen LogP contribution in [0.4, 0.5) is 0 Å². The number of rotatable bonds is 2. The van der Waals surface area contributed by atoms with Crippen LogP contribution in [0.5, 0.6) is 0 Å². The molecular formula is C12H14BrNO2. The maximum Gasteiger partial charge on any atom is 0.302 e. The normalized spacial score (nSPS) is 24.4. The van der Waals surface area contributed by atoms with Gasteiger partial charge in [0.05, 0.1) is 0 Å². The number of nitrogens with one attached hydrogen (secondary N) is 1. The Labute approximate surface area is 103 Å². The second kappa shape index (κ2) is 4.97. The highest BCUT2D eigenvalue weighted by Crippen LogP contribution is 2.26. The van der Waals surface area contributed by atoms with Crippen LogP contribution in [-0.4, -0.2) is 18.6 Å². The van der Waals surface area contributed by atoms with Gasteiger partial charge in [-0.2, -0.15) is 0 Å². The Balaban J connectivity index is 1.98. The predicted molar refractivity (Wildman–Crippen MR) is 65.1 cm³/mol. The van der Waals surface area contributed by atoms with Crippen molar-refractivity contribution in [3.63, 3.8) is 0 Å². The minimum absolute atomic E-state index is 0.00569. The average molecular weight is 284 g/mol. The first-order chi connectivity index (χ1) is 7.65. The van der Waals surface area contributed by atoms with Crippen LogP contribution in [0.25, 0.3) is 0 Å². The summed E-state index contributed by atoms with van der Waals surface area (Å²) in [6.45, 7) is 2.19. The Morgan fingerprint density at radius 3 is 2.75 bits per heavy atom. The van der Waals surface area contributed by atoms with E-state index in [1.807, 2.05) is 12.1 Å². The lowest BCUT2D eigenvalue weighted by Gasteiger charge is -2.11. The third-order valence-corrected chi connectivity index (χ3v) is 3.22. The number of hydrogen-bond acceptors (Lipinski definition) is 3. The number of benzene rings is 1. The van der Waals surface area contributed by atoms with Crippen molar-refractivity contribution in [3.8, 4) is 0 Å². The number of carbonyl (C=O) groups excluding carboxylic acids is 1. The summed E-state index contributed by atoms with van der Waals surface area (Å²) in [5.74, 6) is -0.205. The summed E-state index contributed by atoms with van der Waals surface area (Å²) in [6, 6.07) is 8.50. The summed E-state index contributed by atoms with van der Waals surface area (Å²) in [5.41, 5.74) is 1.23. The molecule has 2 unspecified atom stereocenters. The van der Waals surface area contributed by atoms with Crippen molar-refractivity contribution in [2.45, 2.75) is 25.5 Å². The van der Waals surface area contributed by atoms with E-state index in [-0.39, 0.29) is 18.1 Å². The Morgan fingerprint density at radius 2 is 2.12 bits per heavy atom. The van der Waals surface area contributed by atoms with Crippen molar-refractivity contribution in [2.24, 2.45) is 0 Å². The zero-order valence-electron chi connectivity index (χ0n) is 9.07. The summed E-state index contributed by atoms with van der Waals surface area (Å²) in [6.07, 6.45) is 0.854. The average Bonchev–Trinajstić information content (AvgIpc) is 2.66. The SMILES string of the molecule is CC(=O)OC1CNC(c2ccc(Br)cc2)C1. The van der Waals surface area contributed by atoms with Crippen LogP contribution in [0.15, 0.2) is 28.7 Å². The Kier molecular flexibility index (Phi) is 3.61. The second-order valence-electron chi connectivity index (χ2n) is 3.98. The van der Waals surface area contributed by atoms with E-state index in [0.29, 0.717) is 0 Å². The van der Waals surface area contributed by atoms with Crippen molar-refractivity contribution >= 4 is 21.9 Å². The second-order valence-corrected chi connectivity index (χ2v) is 4.90. The maximum absolute atomic E-state index is 10.8. The van der Waals surface area contributed by atoms with Gasteiger partial charge in [-0.1, -0.05) is 28.1 Å². The molecule has 1 aromatic carbocycles. The van der Waals surface area contributed by atoms with Crippen molar-refractivity contribution in [1.29, 1.82) is 0 Å². The molecule has 3 nitrogen and oxygen atoms in total. The van der Waals surface area contributed by atoms with Crippen LogP contribution in [-0.2, 0) is 9.53 Å². The van der Waals surface area contributed by atoms with E-state index in [1.54, 1.807) is 0 Å². The Hall–Kier alpha value is -0.870. The molecule has 1 heterocycles. The van der Waals surface area contributed by atoms with Gasteiger partial charge < -0.3 is 10.1 Å². The maximum atomic E-state index is 10.8. The smallest absolute Gasteiger partial charge is 0.302 e. The topological polar surface area (TPSA) is 38.3 Å². The van der Waals surface area contributed by atoms with Crippen LogP contribution in [0.1, 0.15) is 24.9 Å². The quantitative estimate of drug-likeness (QED) is 0.848. The fraction of sp³-hybridized carbons (Fsp3) is 0.417. The monoisotopic (exact) mass is 283 g/mol. The first-order valence-electron chi connectivity index (χ1n) is 5.31. The van der Waals surface area contributed by atoms with Crippen molar-refractivity contribution < 1.29 is 9.53 Å². The van der Waals surface area contributed by atoms with Crippen molar-refractivity contribution in [3.05, 3.63) is 34.3 Å². The van der Waals surface area contributed by atoms with E-state index in [0.717, 1.165) is 17.4 Å². The Bertz CT molecular complexity index is 377. The predicted octanol–water partition coefficient (Wildman–Crippen LogP) is 2.42. The zero-order chi connectivity index (χ0) is 11.5. The number of carbonyl (C=O) groups is 1. The van der Waals surface area contributed by atoms with E-state index in [1.165, 1.54) is 12.5 Å². The zero-order valence-corrected chi connectivity index (χ0v) is 10.7. The third kappa shape index (κ3) is 2.83. The van der Waals surface area contributed by atoms with Gasteiger partial charge in [0.15, 0.2) is 0 Å². The van der Waals surface area contributed by atoms with Gasteiger partial charge in [-0.3, -0.25) is 4.79 Å². The van der Waals surface area contributed by atoms with Gasteiger partial charge in [-0.25, -0.2) is 0 Å². The van der Waals surface area contributed by atoms with Crippen LogP contribution in [0.2, 0.25) is 0 Å². The summed E-state index contributed by atoms with van der Waals surface area (Å²) >= 11 is 3.41. The largest absolute Gasteiger partial charge is 0.461 e. The molecule has 0 aliphatic carbocycles. The lowest BCUT2D eigenvalue weighted by molar-refractivity contribution is -0.145. The molecule has 1 fully saturated rings. The molecular weight excluding hydrogens is 270 g/mol. The minimum atomic E-state index is -0.205. The van der Waals surface area contributed by atoms with Gasteiger partial charge in [0, 0.05) is 30.4 Å². The molecule has 1 aliphatic heterocycles. The first-order valence-corrected chi connectivity index (χ1v) is 6.10. The van der Waals surface area contributed by atoms with Gasteiger partial charge in [0.25, 0.3) is 0 Å². The number of halogens is 1. The summed E-state index contributed by atoms with van der Waals surface area (Å²) in [4.78, 5) is 10.8. The van der Waals surface area contributed by atoms with Crippen LogP contribution in [0.3, 0.4) is 0 Å². The number of esters is 1. The highest BCUT2D eigenvalue weighted by atomic mass is 79.9. The van der Waals surface area contributed by atoms with Gasteiger partial charge >= 0.3 is 5.97 Å². The van der Waals surface area contributed by atoms with E-state index in [4.69, 9.17) is 4.74 Å². The van der Waals surface area contributed by atoms with Gasteiger partial charge in [0.2, 0.25) is 0 Å². The van der Waals surface area contributed by atoms with E-state index in [9.17, 15) is 4.79 Å². The third-order valence-electron chi connectivity index (χ3n) is 2.70. The first kappa shape index (κ1) is 11.6. The van der Waals surface area contributed by atoms with Gasteiger partial charge in [-0.05, 0) is 17.7 Å². The van der Waals surface area contributed by atoms with Crippen LogP contribution in [0, 0.1) is 0 Å². The number of hydrogen-bond donors (Lipinski definition) is 1. The van der Waals surface area contributed by atoms with Crippen molar-refractivity contribution in [1.82, 2.24) is 5.32 Å². The molecule has 0 radical (unpaired) electrons. The molecule has 2 rings (SSSR count). The molecule has 2 atom stereocenters. The molecule has 0 amide bonds. The van der Waals surface area contributed by atoms with E-state index >= 15 is 0 Å². The molecule has 0 spiro atoms. The summed E-state index contributed by atoms with van der Waals surface area (Å²) in [7, 11) is 0. The lowest BCUT2D eigenvalue weighted by atomic mass is 10.1. The molecule has 86 valence electrons. The lowest BCUT2D eigenvalue weighted by Crippen LogP contribution is -2.19.